The van der Waals surface area contributed by atoms with Gasteiger partial charge in [-0.1, -0.05) is 6.07 Å². The molecule has 0 unspecified atom stereocenters. The zero-order valence-corrected chi connectivity index (χ0v) is 18.3. The van der Waals surface area contributed by atoms with Crippen molar-refractivity contribution in [3.8, 4) is 0 Å². The van der Waals surface area contributed by atoms with Gasteiger partial charge in [0.05, 0.1) is 23.5 Å². The van der Waals surface area contributed by atoms with E-state index in [9.17, 15) is 31.2 Å². The largest absolute Gasteiger partial charge is 0.444 e. The van der Waals surface area contributed by atoms with Crippen LogP contribution in [0.25, 0.3) is 0 Å². The second kappa shape index (κ2) is 9.24. The van der Waals surface area contributed by atoms with Crippen molar-refractivity contribution in [3.63, 3.8) is 0 Å². The van der Waals surface area contributed by atoms with Crippen molar-refractivity contribution >= 4 is 44.7 Å². The molecular weight excluding hydrogens is 459 g/mol. The summed E-state index contributed by atoms with van der Waals surface area (Å²) < 4.78 is 70.4. The molecule has 0 bridgehead atoms. The van der Waals surface area contributed by atoms with Gasteiger partial charge in [-0.2, -0.15) is 13.2 Å². The Morgan fingerprint density at radius 2 is 1.74 bits per heavy atom. The van der Waals surface area contributed by atoms with E-state index in [1.807, 2.05) is 0 Å². The maximum atomic E-state index is 13.1. The minimum atomic E-state index is -4.70. The standard InChI is InChI=1S/C18H20F3N3O5S2/c1-17(2,3)29-16(26)24-12-7-6-11(18(19,20)21)9-13(12)23-14(25)10-22-31(27,28)15-5-4-8-30-15/h4-9,22H,10H2,1-3H3,(H,23,25)(H,24,26). The number of halogens is 3. The number of benzene rings is 1. The topological polar surface area (TPSA) is 114 Å². The zero-order chi connectivity index (χ0) is 23.4. The van der Waals surface area contributed by atoms with E-state index >= 15 is 0 Å². The molecule has 0 aliphatic rings. The van der Waals surface area contributed by atoms with Crippen molar-refractivity contribution in [1.82, 2.24) is 4.72 Å². The normalized spacial score (nSPS) is 12.3. The molecule has 31 heavy (non-hydrogen) atoms. The minimum absolute atomic E-state index is 0.0216. The number of ether oxygens (including phenoxy) is 1. The highest BCUT2D eigenvalue weighted by molar-refractivity contribution is 7.91. The highest BCUT2D eigenvalue weighted by Gasteiger charge is 2.31. The average molecular weight is 480 g/mol. The van der Waals surface area contributed by atoms with Crippen LogP contribution in [-0.4, -0.2) is 32.6 Å². The van der Waals surface area contributed by atoms with Gasteiger partial charge >= 0.3 is 12.3 Å². The van der Waals surface area contributed by atoms with Gasteiger partial charge in [0.2, 0.25) is 5.91 Å². The fourth-order valence-corrected chi connectivity index (χ4v) is 4.21. The van der Waals surface area contributed by atoms with Gasteiger partial charge in [-0.25, -0.2) is 17.9 Å². The molecule has 2 amide bonds. The van der Waals surface area contributed by atoms with Crippen LogP contribution in [0.1, 0.15) is 26.3 Å². The van der Waals surface area contributed by atoms with E-state index < -0.39 is 45.9 Å². The number of rotatable bonds is 6. The van der Waals surface area contributed by atoms with E-state index in [4.69, 9.17) is 4.74 Å². The van der Waals surface area contributed by atoms with Gasteiger partial charge in [0, 0.05) is 0 Å². The lowest BCUT2D eigenvalue weighted by Crippen LogP contribution is -2.33. The number of amides is 2. The first-order chi connectivity index (χ1) is 14.2. The number of hydrogen-bond acceptors (Lipinski definition) is 6. The Balaban J connectivity index is 2.19. The predicted octanol–water partition coefficient (Wildman–Crippen LogP) is 4.03. The second-order valence-electron chi connectivity index (χ2n) is 7.19. The molecule has 1 aromatic heterocycles. The zero-order valence-electron chi connectivity index (χ0n) is 16.7. The number of nitrogens with one attached hydrogen (secondary N) is 3. The smallest absolute Gasteiger partial charge is 0.416 e. The summed E-state index contributed by atoms with van der Waals surface area (Å²) in [5, 5.41) is 5.98. The van der Waals surface area contributed by atoms with E-state index in [2.05, 4.69) is 15.4 Å². The van der Waals surface area contributed by atoms with Gasteiger partial charge in [-0.15, -0.1) is 11.3 Å². The summed E-state index contributed by atoms with van der Waals surface area (Å²) in [6.07, 6.45) is -5.65. The van der Waals surface area contributed by atoms with Crippen LogP contribution in [0.15, 0.2) is 39.9 Å². The number of carbonyl (C=O) groups excluding carboxylic acids is 2. The number of thiophene rings is 1. The molecule has 2 aromatic rings. The van der Waals surface area contributed by atoms with E-state index in [0.717, 1.165) is 23.5 Å². The number of carbonyl (C=O) groups is 2. The lowest BCUT2D eigenvalue weighted by atomic mass is 10.1. The quantitative estimate of drug-likeness (QED) is 0.579. The Kier molecular flexibility index (Phi) is 7.34. The fourth-order valence-electron chi connectivity index (χ4n) is 2.19. The molecule has 1 aromatic carbocycles. The SMILES string of the molecule is CC(C)(C)OC(=O)Nc1ccc(C(F)(F)F)cc1NC(=O)CNS(=O)(=O)c1cccs1. The lowest BCUT2D eigenvalue weighted by molar-refractivity contribution is -0.137. The van der Waals surface area contributed by atoms with E-state index in [0.29, 0.717) is 6.07 Å². The van der Waals surface area contributed by atoms with Gasteiger partial charge in [0.1, 0.15) is 9.81 Å². The molecule has 0 radical (unpaired) electrons. The Labute approximate surface area is 180 Å². The van der Waals surface area contributed by atoms with Gasteiger partial charge in [0.15, 0.2) is 0 Å². The van der Waals surface area contributed by atoms with Crippen molar-refractivity contribution in [2.75, 3.05) is 17.2 Å². The van der Waals surface area contributed by atoms with Crippen LogP contribution in [0.5, 0.6) is 0 Å². The van der Waals surface area contributed by atoms with Crippen LogP contribution < -0.4 is 15.4 Å². The van der Waals surface area contributed by atoms with Gasteiger partial charge < -0.3 is 10.1 Å². The van der Waals surface area contributed by atoms with Crippen LogP contribution >= 0.6 is 11.3 Å². The molecule has 1 heterocycles. The minimum Gasteiger partial charge on any atom is -0.444 e. The molecule has 0 aliphatic carbocycles. The first-order valence-electron chi connectivity index (χ1n) is 8.72. The van der Waals surface area contributed by atoms with E-state index in [1.165, 1.54) is 17.5 Å². The van der Waals surface area contributed by atoms with Crippen LogP contribution in [0.4, 0.5) is 29.3 Å². The Hall–Kier alpha value is -2.64. The Morgan fingerprint density at radius 1 is 1.06 bits per heavy atom. The number of anilines is 2. The summed E-state index contributed by atoms with van der Waals surface area (Å²) >= 11 is 0.935. The van der Waals surface area contributed by atoms with Crippen LogP contribution in [-0.2, 0) is 25.7 Å². The van der Waals surface area contributed by atoms with E-state index in [1.54, 1.807) is 20.8 Å². The summed E-state index contributed by atoms with van der Waals surface area (Å²) in [5.74, 6) is -0.938. The molecule has 0 saturated carbocycles. The van der Waals surface area contributed by atoms with Gasteiger partial charge in [-0.05, 0) is 50.4 Å². The summed E-state index contributed by atoms with van der Waals surface area (Å²) in [6, 6.07) is 5.15. The van der Waals surface area contributed by atoms with E-state index in [-0.39, 0.29) is 15.6 Å². The highest BCUT2D eigenvalue weighted by Crippen LogP contribution is 2.34. The van der Waals surface area contributed by atoms with Crippen molar-refractivity contribution in [1.29, 1.82) is 0 Å². The third kappa shape index (κ3) is 7.52. The molecule has 8 nitrogen and oxygen atoms in total. The maximum absolute atomic E-state index is 13.1. The van der Waals surface area contributed by atoms with Crippen molar-refractivity contribution < 1.29 is 35.9 Å². The third-order valence-electron chi connectivity index (χ3n) is 3.44. The first kappa shape index (κ1) is 24.6. The monoisotopic (exact) mass is 479 g/mol. The summed E-state index contributed by atoms with van der Waals surface area (Å²) in [5.41, 5.74) is -2.46. The van der Waals surface area contributed by atoms with Crippen molar-refractivity contribution in [2.45, 2.75) is 36.8 Å². The Morgan fingerprint density at radius 3 is 2.29 bits per heavy atom. The highest BCUT2D eigenvalue weighted by atomic mass is 32.2. The summed E-state index contributed by atoms with van der Waals surface area (Å²) in [7, 11) is -3.95. The van der Waals surface area contributed by atoms with Gasteiger partial charge in [-0.3, -0.25) is 10.1 Å². The number of sulfonamides is 1. The molecule has 13 heteroatoms. The fraction of sp³-hybridized carbons (Fsp3) is 0.333. The van der Waals surface area contributed by atoms with Crippen LogP contribution in [0.3, 0.4) is 0 Å². The second-order valence-corrected chi connectivity index (χ2v) is 10.1. The summed E-state index contributed by atoms with van der Waals surface area (Å²) in [4.78, 5) is 24.2. The van der Waals surface area contributed by atoms with Crippen LogP contribution in [0.2, 0.25) is 0 Å². The van der Waals surface area contributed by atoms with Crippen molar-refractivity contribution in [2.24, 2.45) is 0 Å². The maximum Gasteiger partial charge on any atom is 0.416 e. The molecule has 0 atom stereocenters. The molecular formula is C18H20F3N3O5S2. The molecule has 2 rings (SSSR count). The summed E-state index contributed by atoms with van der Waals surface area (Å²) in [6.45, 7) is 4.06. The average Bonchev–Trinajstić information content (AvgIpc) is 3.14. The molecule has 3 N–H and O–H groups in total. The van der Waals surface area contributed by atoms with Crippen molar-refractivity contribution in [3.05, 3.63) is 41.3 Å². The third-order valence-corrected chi connectivity index (χ3v) is 6.24. The Bertz CT molecular complexity index is 1050. The molecule has 0 aliphatic heterocycles. The number of alkyl halides is 3. The first-order valence-corrected chi connectivity index (χ1v) is 11.1. The molecule has 0 fully saturated rings. The lowest BCUT2D eigenvalue weighted by Gasteiger charge is -2.21. The molecule has 0 saturated heterocycles. The molecule has 0 spiro atoms. The predicted molar refractivity (Wildman–Crippen MR) is 109 cm³/mol. The molecule has 170 valence electrons. The van der Waals surface area contributed by atoms with Gasteiger partial charge in [0.25, 0.3) is 10.0 Å². The van der Waals surface area contributed by atoms with Crippen LogP contribution in [0, 0.1) is 0 Å². The number of hydrogen-bond donors (Lipinski definition) is 3.